The first kappa shape index (κ1) is 16.2. The van der Waals surface area contributed by atoms with Crippen molar-refractivity contribution in [1.82, 2.24) is 14.7 Å². The molecule has 116 valence electrons. The molecule has 0 unspecified atom stereocenters. The van der Waals surface area contributed by atoms with Crippen molar-refractivity contribution in [2.45, 2.75) is 20.0 Å². The summed E-state index contributed by atoms with van der Waals surface area (Å²) in [4.78, 5) is 13.7. The highest BCUT2D eigenvalue weighted by Gasteiger charge is 2.13. The van der Waals surface area contributed by atoms with Crippen LogP contribution in [0.15, 0.2) is 36.5 Å². The molecule has 0 saturated heterocycles. The van der Waals surface area contributed by atoms with Gasteiger partial charge in [0.25, 0.3) is 0 Å². The molecule has 0 aliphatic heterocycles. The second kappa shape index (κ2) is 7.22. The third-order valence-electron chi connectivity index (χ3n) is 3.25. The van der Waals surface area contributed by atoms with E-state index in [0.29, 0.717) is 18.1 Å². The maximum absolute atomic E-state index is 12.8. The lowest BCUT2D eigenvalue weighted by Crippen LogP contribution is -2.25. The van der Waals surface area contributed by atoms with Gasteiger partial charge < -0.3 is 4.90 Å². The second-order valence-corrected chi connectivity index (χ2v) is 5.24. The van der Waals surface area contributed by atoms with Crippen LogP contribution < -0.4 is 0 Å². The zero-order valence-electron chi connectivity index (χ0n) is 12.5. The fourth-order valence-electron chi connectivity index (χ4n) is 1.99. The summed E-state index contributed by atoms with van der Waals surface area (Å²) in [6.45, 7) is 3.03. The van der Waals surface area contributed by atoms with E-state index in [4.69, 9.17) is 11.6 Å². The number of hydrogen-bond acceptors (Lipinski definition) is 2. The van der Waals surface area contributed by atoms with Crippen LogP contribution in [-0.4, -0.2) is 27.6 Å². The van der Waals surface area contributed by atoms with Crippen LogP contribution in [0, 0.1) is 5.82 Å². The van der Waals surface area contributed by atoms with Crippen LogP contribution in [0.3, 0.4) is 0 Å². The van der Waals surface area contributed by atoms with Gasteiger partial charge >= 0.3 is 0 Å². The molecule has 1 aromatic carbocycles. The summed E-state index contributed by atoms with van der Waals surface area (Å²) in [7, 11) is 1.70. The Labute approximate surface area is 133 Å². The maximum atomic E-state index is 12.8. The molecule has 0 spiro atoms. The van der Waals surface area contributed by atoms with E-state index in [2.05, 4.69) is 5.10 Å². The van der Waals surface area contributed by atoms with Crippen LogP contribution >= 0.6 is 11.6 Å². The zero-order chi connectivity index (χ0) is 16.1. The third kappa shape index (κ3) is 3.95. The van der Waals surface area contributed by atoms with Gasteiger partial charge in [0.2, 0.25) is 5.91 Å². The molecule has 22 heavy (non-hydrogen) atoms. The Morgan fingerprint density at radius 2 is 2.09 bits per heavy atom. The fraction of sp³-hybridized carbons (Fsp3) is 0.250. The molecule has 1 aromatic heterocycles. The van der Waals surface area contributed by atoms with Gasteiger partial charge in [-0.05, 0) is 30.7 Å². The normalized spacial score (nSPS) is 11.1. The van der Waals surface area contributed by atoms with Gasteiger partial charge in [0, 0.05) is 19.7 Å². The van der Waals surface area contributed by atoms with Crippen molar-refractivity contribution in [3.8, 4) is 0 Å². The summed E-state index contributed by atoms with van der Waals surface area (Å²) in [6.07, 6.45) is 4.68. The van der Waals surface area contributed by atoms with E-state index in [9.17, 15) is 9.18 Å². The van der Waals surface area contributed by atoms with Crippen molar-refractivity contribution in [3.63, 3.8) is 0 Å². The van der Waals surface area contributed by atoms with Crippen molar-refractivity contribution < 1.29 is 9.18 Å². The van der Waals surface area contributed by atoms with Gasteiger partial charge in [0.05, 0.1) is 23.5 Å². The summed E-state index contributed by atoms with van der Waals surface area (Å²) in [5, 5.41) is 4.69. The minimum absolute atomic E-state index is 0.163. The van der Waals surface area contributed by atoms with Crippen molar-refractivity contribution in [1.29, 1.82) is 0 Å². The van der Waals surface area contributed by atoms with E-state index in [1.165, 1.54) is 18.2 Å². The number of amides is 1. The van der Waals surface area contributed by atoms with Crippen LogP contribution in [-0.2, 0) is 17.9 Å². The van der Waals surface area contributed by atoms with E-state index < -0.39 is 0 Å². The van der Waals surface area contributed by atoms with E-state index in [1.54, 1.807) is 41.0 Å². The van der Waals surface area contributed by atoms with Crippen molar-refractivity contribution in [3.05, 3.63) is 58.6 Å². The highest BCUT2D eigenvalue weighted by atomic mass is 35.5. The molecule has 0 aliphatic carbocycles. The molecule has 2 rings (SSSR count). The molecule has 0 bridgehead atoms. The number of halogens is 2. The average molecular weight is 322 g/mol. The summed E-state index contributed by atoms with van der Waals surface area (Å²) >= 11 is 6.09. The van der Waals surface area contributed by atoms with Crippen molar-refractivity contribution >= 4 is 23.6 Å². The largest absolute Gasteiger partial charge is 0.336 e. The number of carbonyl (C=O) groups excluding carboxylic acids is 1. The fourth-order valence-corrected chi connectivity index (χ4v) is 2.19. The van der Waals surface area contributed by atoms with E-state index in [1.807, 2.05) is 6.92 Å². The Balaban J connectivity index is 2.03. The average Bonchev–Trinajstić information content (AvgIpc) is 2.86. The van der Waals surface area contributed by atoms with Crippen LogP contribution in [0.4, 0.5) is 4.39 Å². The number of likely N-dealkylation sites (N-methyl/N-ethyl adjacent to an activating group) is 1. The van der Waals surface area contributed by atoms with Crippen LogP contribution in [0.2, 0.25) is 5.02 Å². The molecule has 0 fully saturated rings. The molecule has 0 atom stereocenters. The second-order valence-electron chi connectivity index (χ2n) is 4.83. The summed E-state index contributed by atoms with van der Waals surface area (Å²) in [6, 6.07) is 5.94. The highest BCUT2D eigenvalue weighted by molar-refractivity contribution is 6.31. The monoisotopic (exact) mass is 321 g/mol. The van der Waals surface area contributed by atoms with E-state index >= 15 is 0 Å². The number of rotatable bonds is 5. The molecule has 1 heterocycles. The van der Waals surface area contributed by atoms with Gasteiger partial charge in [-0.3, -0.25) is 9.48 Å². The number of aromatic nitrogens is 2. The standard InChI is InChI=1S/C16H17ClFN3O/c1-3-21-15(14(17)10-19-21)11-20(2)16(22)9-6-12-4-7-13(18)8-5-12/h4-10H,3,11H2,1-2H3/b9-6+. The number of carbonyl (C=O) groups is 1. The first-order chi connectivity index (χ1) is 10.5. The lowest BCUT2D eigenvalue weighted by Gasteiger charge is -2.16. The van der Waals surface area contributed by atoms with Gasteiger partial charge in [0.1, 0.15) is 5.82 Å². The predicted octanol–water partition coefficient (Wildman–Crippen LogP) is 3.37. The van der Waals surface area contributed by atoms with Gasteiger partial charge in [0.15, 0.2) is 0 Å². The molecule has 0 radical (unpaired) electrons. The van der Waals surface area contributed by atoms with Crippen LogP contribution in [0.5, 0.6) is 0 Å². The van der Waals surface area contributed by atoms with E-state index in [-0.39, 0.29) is 11.7 Å². The summed E-state index contributed by atoms with van der Waals surface area (Å²) < 4.78 is 14.6. The summed E-state index contributed by atoms with van der Waals surface area (Å²) in [5.74, 6) is -0.465. The lowest BCUT2D eigenvalue weighted by atomic mass is 10.2. The molecule has 0 N–H and O–H groups in total. The van der Waals surface area contributed by atoms with Crippen LogP contribution in [0.1, 0.15) is 18.2 Å². The highest BCUT2D eigenvalue weighted by Crippen LogP contribution is 2.17. The zero-order valence-corrected chi connectivity index (χ0v) is 13.2. The number of hydrogen-bond donors (Lipinski definition) is 0. The number of nitrogens with zero attached hydrogens (tertiary/aromatic N) is 3. The third-order valence-corrected chi connectivity index (χ3v) is 3.56. The summed E-state index contributed by atoms with van der Waals surface area (Å²) in [5.41, 5.74) is 1.56. The molecule has 0 saturated carbocycles. The van der Waals surface area contributed by atoms with Gasteiger partial charge in [-0.15, -0.1) is 0 Å². The minimum atomic E-state index is -0.303. The first-order valence-corrected chi connectivity index (χ1v) is 7.28. The maximum Gasteiger partial charge on any atom is 0.246 e. The predicted molar refractivity (Wildman–Crippen MR) is 84.8 cm³/mol. The quantitative estimate of drug-likeness (QED) is 0.792. The first-order valence-electron chi connectivity index (χ1n) is 6.90. The Hall–Kier alpha value is -2.14. The SMILES string of the molecule is CCn1ncc(Cl)c1CN(C)C(=O)/C=C/c1ccc(F)cc1. The molecule has 0 aliphatic rings. The smallest absolute Gasteiger partial charge is 0.246 e. The minimum Gasteiger partial charge on any atom is -0.336 e. The Kier molecular flexibility index (Phi) is 5.33. The van der Waals surface area contributed by atoms with Crippen molar-refractivity contribution in [2.24, 2.45) is 0 Å². The van der Waals surface area contributed by atoms with Gasteiger partial charge in [-0.25, -0.2) is 4.39 Å². The lowest BCUT2D eigenvalue weighted by molar-refractivity contribution is -0.125. The van der Waals surface area contributed by atoms with E-state index in [0.717, 1.165) is 11.3 Å². The van der Waals surface area contributed by atoms with Gasteiger partial charge in [-0.2, -0.15) is 5.10 Å². The Bertz CT molecular complexity index is 679. The number of aryl methyl sites for hydroxylation is 1. The molecule has 6 heteroatoms. The van der Waals surface area contributed by atoms with Gasteiger partial charge in [-0.1, -0.05) is 23.7 Å². The molecule has 1 amide bonds. The topological polar surface area (TPSA) is 38.1 Å². The number of benzene rings is 1. The Morgan fingerprint density at radius 1 is 1.41 bits per heavy atom. The molecule has 4 nitrogen and oxygen atoms in total. The Morgan fingerprint density at radius 3 is 2.73 bits per heavy atom. The molecular formula is C16H17ClFN3O. The molecular weight excluding hydrogens is 305 g/mol. The molecule has 2 aromatic rings. The van der Waals surface area contributed by atoms with Crippen LogP contribution in [0.25, 0.3) is 6.08 Å². The van der Waals surface area contributed by atoms with Crippen molar-refractivity contribution in [2.75, 3.05) is 7.05 Å².